The van der Waals surface area contributed by atoms with Gasteiger partial charge in [-0.2, -0.15) is 0 Å². The normalized spacial score (nSPS) is 19.2. The molecule has 1 atom stereocenters. The predicted molar refractivity (Wildman–Crippen MR) is 98.6 cm³/mol. The predicted octanol–water partition coefficient (Wildman–Crippen LogP) is 5.09. The average molecular weight is 330 g/mol. The van der Waals surface area contributed by atoms with Crippen molar-refractivity contribution in [1.82, 2.24) is 0 Å². The lowest BCUT2D eigenvalue weighted by atomic mass is 9.97. The number of rotatable bonds is 11. The van der Waals surface area contributed by atoms with Gasteiger partial charge in [-0.25, -0.2) is 0 Å². The van der Waals surface area contributed by atoms with Crippen molar-refractivity contribution >= 4 is 11.8 Å². The summed E-state index contributed by atoms with van der Waals surface area (Å²) in [6.07, 6.45) is 21.7. The van der Waals surface area contributed by atoms with Gasteiger partial charge in [0.1, 0.15) is 0 Å². The van der Waals surface area contributed by atoms with Crippen LogP contribution in [0.15, 0.2) is 48.1 Å². The molecule has 0 aromatic carbocycles. The Kier molecular flexibility index (Phi) is 10.5. The van der Waals surface area contributed by atoms with Crippen LogP contribution in [0.1, 0.15) is 58.3 Å². The highest BCUT2D eigenvalue weighted by Crippen LogP contribution is 2.25. The second kappa shape index (κ2) is 12.5. The van der Waals surface area contributed by atoms with Gasteiger partial charge >= 0.3 is 5.97 Å². The molecular formula is C21H30O3. The molecule has 0 fully saturated rings. The van der Waals surface area contributed by atoms with E-state index in [1.54, 1.807) is 6.08 Å². The van der Waals surface area contributed by atoms with E-state index in [-0.39, 0.29) is 17.7 Å². The molecule has 0 heterocycles. The molecule has 0 bridgehead atoms. The molecule has 0 spiro atoms. The van der Waals surface area contributed by atoms with Gasteiger partial charge in [-0.1, -0.05) is 56.2 Å². The molecular weight excluding hydrogens is 300 g/mol. The molecule has 0 amide bonds. The third-order valence-corrected chi connectivity index (χ3v) is 4.09. The molecule has 0 aromatic rings. The molecule has 3 heteroatoms. The number of ether oxygens (including phenoxy) is 1. The van der Waals surface area contributed by atoms with Gasteiger partial charge < -0.3 is 4.74 Å². The molecule has 1 rings (SSSR count). The topological polar surface area (TPSA) is 43.4 Å². The molecule has 24 heavy (non-hydrogen) atoms. The zero-order valence-corrected chi connectivity index (χ0v) is 15.0. The minimum absolute atomic E-state index is 0.122. The van der Waals surface area contributed by atoms with Crippen LogP contribution in [0.3, 0.4) is 0 Å². The van der Waals surface area contributed by atoms with Crippen LogP contribution in [0.25, 0.3) is 0 Å². The lowest BCUT2D eigenvalue weighted by Crippen LogP contribution is -2.01. The highest BCUT2D eigenvalue weighted by atomic mass is 16.5. The summed E-state index contributed by atoms with van der Waals surface area (Å²) in [4.78, 5) is 22.9. The molecule has 0 saturated carbocycles. The van der Waals surface area contributed by atoms with E-state index in [1.807, 2.05) is 18.2 Å². The Bertz CT molecular complexity index is 509. The van der Waals surface area contributed by atoms with Gasteiger partial charge in [0, 0.05) is 17.9 Å². The van der Waals surface area contributed by atoms with Crippen molar-refractivity contribution < 1.29 is 14.3 Å². The van der Waals surface area contributed by atoms with Gasteiger partial charge in [0.25, 0.3) is 0 Å². The third-order valence-electron chi connectivity index (χ3n) is 4.09. The van der Waals surface area contributed by atoms with Gasteiger partial charge in [-0.3, -0.25) is 9.59 Å². The summed E-state index contributed by atoms with van der Waals surface area (Å²) in [5, 5.41) is 0. The van der Waals surface area contributed by atoms with Crippen LogP contribution in [0.2, 0.25) is 0 Å². The number of hydrogen-bond acceptors (Lipinski definition) is 3. The first kappa shape index (κ1) is 20.1. The second-order valence-corrected chi connectivity index (χ2v) is 6.05. The van der Waals surface area contributed by atoms with E-state index >= 15 is 0 Å². The van der Waals surface area contributed by atoms with Gasteiger partial charge in [0.2, 0.25) is 0 Å². The summed E-state index contributed by atoms with van der Waals surface area (Å²) in [5.74, 6) is 0.135. The standard InChI is InChI=1S/C21H30O3/c1-3-4-5-6-7-11-14-19-18(16-17-20(19)22)13-10-8-9-12-15-21(23)24-2/h7-8,10-11,14,16-18H,3-6,9,12-13,15H2,1-2H3/b10-8-,11-7?,19-14?. The van der Waals surface area contributed by atoms with Crippen molar-refractivity contribution in [2.24, 2.45) is 5.92 Å². The summed E-state index contributed by atoms with van der Waals surface area (Å²) in [5.41, 5.74) is 0.876. The van der Waals surface area contributed by atoms with Gasteiger partial charge in [-0.15, -0.1) is 0 Å². The molecule has 0 aromatic heterocycles. The number of ketones is 1. The number of methoxy groups -OCH3 is 1. The van der Waals surface area contributed by atoms with Crippen LogP contribution in [0.4, 0.5) is 0 Å². The largest absolute Gasteiger partial charge is 0.469 e. The number of unbranched alkanes of at least 4 members (excludes halogenated alkanes) is 4. The van der Waals surface area contributed by atoms with Crippen molar-refractivity contribution in [3.05, 3.63) is 48.1 Å². The average Bonchev–Trinajstić information content (AvgIpc) is 2.94. The van der Waals surface area contributed by atoms with E-state index in [4.69, 9.17) is 0 Å². The summed E-state index contributed by atoms with van der Waals surface area (Å²) < 4.78 is 4.61. The second-order valence-electron chi connectivity index (χ2n) is 6.05. The molecule has 1 aliphatic rings. The number of allylic oxidation sites excluding steroid dienone is 8. The Morgan fingerprint density at radius 2 is 1.96 bits per heavy atom. The van der Waals surface area contributed by atoms with Crippen LogP contribution >= 0.6 is 0 Å². The summed E-state index contributed by atoms with van der Waals surface area (Å²) in [6.45, 7) is 2.20. The van der Waals surface area contributed by atoms with Crippen molar-refractivity contribution in [2.45, 2.75) is 58.3 Å². The molecule has 0 saturated heterocycles. The Morgan fingerprint density at radius 3 is 2.71 bits per heavy atom. The van der Waals surface area contributed by atoms with E-state index < -0.39 is 0 Å². The summed E-state index contributed by atoms with van der Waals surface area (Å²) in [7, 11) is 1.41. The quantitative estimate of drug-likeness (QED) is 0.229. The van der Waals surface area contributed by atoms with Crippen LogP contribution in [-0.2, 0) is 14.3 Å². The van der Waals surface area contributed by atoms with E-state index in [0.29, 0.717) is 6.42 Å². The lowest BCUT2D eigenvalue weighted by Gasteiger charge is -2.06. The maximum absolute atomic E-state index is 11.9. The van der Waals surface area contributed by atoms with Crippen LogP contribution in [-0.4, -0.2) is 18.9 Å². The fourth-order valence-corrected chi connectivity index (χ4v) is 2.60. The maximum Gasteiger partial charge on any atom is 0.305 e. The van der Waals surface area contributed by atoms with E-state index in [2.05, 4.69) is 29.9 Å². The Hall–Kier alpha value is -1.90. The first-order valence-electron chi connectivity index (χ1n) is 9.00. The number of carbonyl (C=O) groups is 2. The monoisotopic (exact) mass is 330 g/mol. The van der Waals surface area contributed by atoms with Crippen molar-refractivity contribution in [1.29, 1.82) is 0 Å². The van der Waals surface area contributed by atoms with Crippen molar-refractivity contribution in [3.63, 3.8) is 0 Å². The van der Waals surface area contributed by atoms with Crippen LogP contribution < -0.4 is 0 Å². The Labute approximate surface area is 146 Å². The Morgan fingerprint density at radius 1 is 1.17 bits per heavy atom. The van der Waals surface area contributed by atoms with Gasteiger partial charge in [0.15, 0.2) is 5.78 Å². The number of carbonyl (C=O) groups excluding carboxylic acids is 2. The van der Waals surface area contributed by atoms with E-state index in [9.17, 15) is 9.59 Å². The SMILES string of the molecule is CCCCCC=CC=C1C(=O)C=CC1C/C=C\CCCC(=O)OC. The van der Waals surface area contributed by atoms with E-state index in [1.165, 1.54) is 26.4 Å². The van der Waals surface area contributed by atoms with E-state index in [0.717, 1.165) is 31.3 Å². The molecule has 0 aliphatic heterocycles. The van der Waals surface area contributed by atoms with Gasteiger partial charge in [0.05, 0.1) is 7.11 Å². The molecule has 0 radical (unpaired) electrons. The fraction of sp³-hybridized carbons (Fsp3) is 0.524. The zero-order valence-electron chi connectivity index (χ0n) is 15.0. The zero-order chi connectivity index (χ0) is 17.6. The minimum atomic E-state index is -0.163. The van der Waals surface area contributed by atoms with Crippen LogP contribution in [0.5, 0.6) is 0 Å². The number of esters is 1. The lowest BCUT2D eigenvalue weighted by molar-refractivity contribution is -0.140. The first-order chi connectivity index (χ1) is 11.7. The smallest absolute Gasteiger partial charge is 0.305 e. The summed E-state index contributed by atoms with van der Waals surface area (Å²) >= 11 is 0. The Balaban J connectivity index is 2.36. The highest BCUT2D eigenvalue weighted by molar-refractivity contribution is 6.07. The molecule has 3 nitrogen and oxygen atoms in total. The van der Waals surface area contributed by atoms with Crippen molar-refractivity contribution in [3.8, 4) is 0 Å². The third kappa shape index (κ3) is 8.09. The fourth-order valence-electron chi connectivity index (χ4n) is 2.60. The maximum atomic E-state index is 11.9. The number of hydrogen-bond donors (Lipinski definition) is 0. The molecule has 132 valence electrons. The molecule has 0 N–H and O–H groups in total. The highest BCUT2D eigenvalue weighted by Gasteiger charge is 2.20. The van der Waals surface area contributed by atoms with Crippen molar-refractivity contribution in [2.75, 3.05) is 7.11 Å². The minimum Gasteiger partial charge on any atom is -0.469 e. The van der Waals surface area contributed by atoms with Gasteiger partial charge in [-0.05, 0) is 38.2 Å². The first-order valence-corrected chi connectivity index (χ1v) is 9.00. The summed E-state index contributed by atoms with van der Waals surface area (Å²) in [6, 6.07) is 0. The molecule has 1 unspecified atom stereocenters. The van der Waals surface area contributed by atoms with Crippen LogP contribution in [0, 0.1) is 5.92 Å². The molecule has 1 aliphatic carbocycles.